The van der Waals surface area contributed by atoms with Crippen molar-refractivity contribution in [3.05, 3.63) is 0 Å². The van der Waals surface area contributed by atoms with Gasteiger partial charge in [-0.1, -0.05) is 89.2 Å². The van der Waals surface area contributed by atoms with Crippen LogP contribution in [0.25, 0.3) is 0 Å². The largest absolute Gasteiger partial charge is 0.481 e. The van der Waals surface area contributed by atoms with Gasteiger partial charge in [-0.25, -0.2) is 4.79 Å². The number of nitrogens with zero attached hydrogens (tertiary/aromatic N) is 1. The predicted molar refractivity (Wildman–Crippen MR) is 198 cm³/mol. The lowest BCUT2D eigenvalue weighted by Crippen LogP contribution is -2.44. The van der Waals surface area contributed by atoms with Crippen LogP contribution in [0.2, 0.25) is 0 Å². The molecule has 1 saturated heterocycles. The summed E-state index contributed by atoms with van der Waals surface area (Å²) in [7, 11) is 1.23. The molecule has 1 aliphatic rings. The number of carbonyl (C=O) groups is 6. The van der Waals surface area contributed by atoms with E-state index in [-0.39, 0.29) is 43.4 Å². The van der Waals surface area contributed by atoms with Gasteiger partial charge < -0.3 is 20.0 Å². The SMILES string of the molecule is CCCCCCCCCCC(C)SC(=S)SC(C)(CC(CC(CC(C)(C)C(=O)O)C(=O)NC(C)C)C(=O)ON1C(=O)CCC1=O)C(=O)OC. The number of esters is 1. The Labute approximate surface area is 306 Å². The second-order valence-corrected chi connectivity index (χ2v) is 18.3. The molecule has 0 radical (unpaired) electrons. The minimum atomic E-state index is -1.42. The minimum absolute atomic E-state index is 0.110. The van der Waals surface area contributed by atoms with Gasteiger partial charge in [0.1, 0.15) is 8.28 Å². The molecule has 14 heteroatoms. The number of ether oxygens (including phenoxy) is 1. The van der Waals surface area contributed by atoms with Crippen molar-refractivity contribution in [2.45, 2.75) is 154 Å². The zero-order valence-corrected chi connectivity index (χ0v) is 33.0. The number of hydrogen-bond donors (Lipinski definition) is 2. The molecular formula is C35H58N2O9S3. The fourth-order valence-electron chi connectivity index (χ4n) is 5.67. The van der Waals surface area contributed by atoms with E-state index in [1.807, 2.05) is 0 Å². The molecule has 1 heterocycles. The first kappa shape index (κ1) is 44.8. The zero-order valence-electron chi connectivity index (χ0n) is 30.6. The second kappa shape index (κ2) is 21.9. The normalized spacial score (nSPS) is 16.6. The van der Waals surface area contributed by atoms with Gasteiger partial charge in [0.2, 0.25) is 5.91 Å². The Bertz CT molecular complexity index is 1150. The molecule has 1 aliphatic heterocycles. The first-order chi connectivity index (χ1) is 22.9. The van der Waals surface area contributed by atoms with Crippen LogP contribution in [-0.4, -0.2) is 72.5 Å². The van der Waals surface area contributed by atoms with Crippen LogP contribution in [0.1, 0.15) is 138 Å². The molecule has 2 N–H and O–H groups in total. The van der Waals surface area contributed by atoms with Crippen molar-refractivity contribution < 1.29 is 43.4 Å². The molecule has 3 amide bonds. The highest BCUT2D eigenvalue weighted by atomic mass is 32.2. The fraction of sp³-hybridized carbons (Fsp3) is 0.800. The number of amides is 3. The van der Waals surface area contributed by atoms with Gasteiger partial charge in [-0.05, 0) is 60.3 Å². The first-order valence-corrected chi connectivity index (χ1v) is 19.6. The van der Waals surface area contributed by atoms with Crippen molar-refractivity contribution in [1.82, 2.24) is 10.4 Å². The molecular weight excluding hydrogens is 689 g/mol. The average molecular weight is 747 g/mol. The molecule has 4 atom stereocenters. The molecule has 0 aromatic heterocycles. The van der Waals surface area contributed by atoms with Crippen molar-refractivity contribution in [3.63, 3.8) is 0 Å². The lowest BCUT2D eigenvalue weighted by atomic mass is 9.77. The van der Waals surface area contributed by atoms with E-state index < -0.39 is 57.6 Å². The molecule has 280 valence electrons. The Kier molecular flexibility index (Phi) is 20.0. The molecule has 0 aliphatic carbocycles. The summed E-state index contributed by atoms with van der Waals surface area (Å²) in [4.78, 5) is 82.5. The van der Waals surface area contributed by atoms with Gasteiger partial charge in [0.15, 0.2) is 0 Å². The number of carbonyl (C=O) groups excluding carboxylic acids is 5. The van der Waals surface area contributed by atoms with E-state index in [1.165, 1.54) is 71.2 Å². The number of rotatable bonds is 23. The molecule has 0 spiro atoms. The Morgan fingerprint density at radius 1 is 0.918 bits per heavy atom. The number of carboxylic acids is 1. The van der Waals surface area contributed by atoms with E-state index in [1.54, 1.807) is 20.8 Å². The Hall–Kier alpha value is -2.19. The van der Waals surface area contributed by atoms with Crippen LogP contribution in [0.3, 0.4) is 0 Å². The summed E-state index contributed by atoms with van der Waals surface area (Å²) in [6.45, 7) is 12.4. The van der Waals surface area contributed by atoms with Crippen LogP contribution in [0, 0.1) is 17.3 Å². The summed E-state index contributed by atoms with van der Waals surface area (Å²) in [6.07, 6.45) is 9.89. The minimum Gasteiger partial charge on any atom is -0.481 e. The maximum absolute atomic E-state index is 13.8. The van der Waals surface area contributed by atoms with Crippen molar-refractivity contribution >= 4 is 74.9 Å². The number of aliphatic carboxylic acids is 1. The summed E-state index contributed by atoms with van der Waals surface area (Å²) in [5.41, 5.74) is -1.34. The molecule has 0 bridgehead atoms. The van der Waals surface area contributed by atoms with Gasteiger partial charge in [-0.3, -0.25) is 24.0 Å². The number of hydroxylamine groups is 2. The first-order valence-electron chi connectivity index (χ1n) is 17.5. The maximum Gasteiger partial charge on any atom is 0.336 e. The molecule has 4 unspecified atom stereocenters. The molecule has 1 rings (SSSR count). The summed E-state index contributed by atoms with van der Waals surface area (Å²) in [5, 5.41) is 13.3. The monoisotopic (exact) mass is 746 g/mol. The van der Waals surface area contributed by atoms with E-state index in [9.17, 15) is 33.9 Å². The maximum atomic E-state index is 13.8. The summed E-state index contributed by atoms with van der Waals surface area (Å²) in [6, 6.07) is -0.272. The highest BCUT2D eigenvalue weighted by molar-refractivity contribution is 8.47. The number of imide groups is 1. The van der Waals surface area contributed by atoms with E-state index in [4.69, 9.17) is 21.8 Å². The Morgan fingerprint density at radius 3 is 1.98 bits per heavy atom. The smallest absolute Gasteiger partial charge is 0.336 e. The highest BCUT2D eigenvalue weighted by Crippen LogP contribution is 2.42. The number of carboxylic acid groups (broad SMARTS) is 1. The van der Waals surface area contributed by atoms with Crippen LogP contribution < -0.4 is 5.32 Å². The van der Waals surface area contributed by atoms with Crippen LogP contribution in [0.15, 0.2) is 0 Å². The van der Waals surface area contributed by atoms with Gasteiger partial charge in [-0.2, -0.15) is 0 Å². The Balaban J connectivity index is 3.24. The van der Waals surface area contributed by atoms with Crippen LogP contribution in [0.4, 0.5) is 0 Å². The predicted octanol–water partition coefficient (Wildman–Crippen LogP) is 7.23. The highest BCUT2D eigenvalue weighted by Gasteiger charge is 2.45. The van der Waals surface area contributed by atoms with Crippen molar-refractivity contribution in [1.29, 1.82) is 0 Å². The van der Waals surface area contributed by atoms with Crippen molar-refractivity contribution in [3.8, 4) is 0 Å². The average Bonchev–Trinajstić information content (AvgIpc) is 3.32. The van der Waals surface area contributed by atoms with E-state index in [2.05, 4.69) is 19.2 Å². The van der Waals surface area contributed by atoms with Crippen LogP contribution >= 0.6 is 35.7 Å². The van der Waals surface area contributed by atoms with Gasteiger partial charge in [0, 0.05) is 30.1 Å². The lowest BCUT2D eigenvalue weighted by Gasteiger charge is -2.33. The third-order valence-corrected chi connectivity index (χ3v) is 11.4. The third kappa shape index (κ3) is 16.1. The number of thioether (sulfide) groups is 2. The van der Waals surface area contributed by atoms with E-state index >= 15 is 0 Å². The number of methoxy groups -OCH3 is 1. The van der Waals surface area contributed by atoms with Crippen molar-refractivity contribution in [2.24, 2.45) is 17.3 Å². The van der Waals surface area contributed by atoms with Crippen molar-refractivity contribution in [2.75, 3.05) is 7.11 Å². The molecule has 0 aromatic rings. The number of unbranched alkanes of at least 4 members (excludes halogenated alkanes) is 7. The zero-order chi connectivity index (χ0) is 37.4. The van der Waals surface area contributed by atoms with Crippen LogP contribution in [-0.2, 0) is 38.3 Å². The molecule has 11 nitrogen and oxygen atoms in total. The standard InChI is InChI=1S/C35H58N2O9S3/c1-9-10-11-12-13-14-15-16-17-24(4)48-33(47)49-35(7,32(44)45-8)22-26(30(41)46-37-27(38)18-19-28(37)39)20-25(29(40)36-23(2)3)21-34(5,6)31(42)43/h23-26H,9-22H2,1-8H3,(H,36,40)(H,42,43). The van der Waals surface area contributed by atoms with Gasteiger partial charge in [0.25, 0.3) is 11.8 Å². The third-order valence-electron chi connectivity index (χ3n) is 8.55. The summed E-state index contributed by atoms with van der Waals surface area (Å²) >= 11 is 8.28. The summed E-state index contributed by atoms with van der Waals surface area (Å²) in [5.74, 6) is -6.79. The quantitative estimate of drug-likeness (QED) is 0.0469. The Morgan fingerprint density at radius 2 is 1.47 bits per heavy atom. The van der Waals surface area contributed by atoms with Gasteiger partial charge in [-0.15, -0.1) is 16.8 Å². The number of thiocarbonyl (C=S) groups is 1. The number of hydrogen-bond acceptors (Lipinski definition) is 11. The summed E-state index contributed by atoms with van der Waals surface area (Å²) < 4.78 is 4.23. The molecule has 1 fully saturated rings. The second-order valence-electron chi connectivity index (χ2n) is 14.1. The van der Waals surface area contributed by atoms with E-state index in [0.29, 0.717) is 8.59 Å². The van der Waals surface area contributed by atoms with E-state index in [0.717, 1.165) is 31.0 Å². The number of nitrogens with one attached hydrogen (secondary N) is 1. The van der Waals surface area contributed by atoms with Gasteiger partial charge >= 0.3 is 17.9 Å². The fourth-order valence-corrected chi connectivity index (χ4v) is 9.38. The van der Waals surface area contributed by atoms with Crippen LogP contribution in [0.5, 0.6) is 0 Å². The molecule has 49 heavy (non-hydrogen) atoms. The lowest BCUT2D eigenvalue weighted by molar-refractivity contribution is -0.201. The molecule has 0 aromatic carbocycles. The topological polar surface area (TPSA) is 156 Å². The van der Waals surface area contributed by atoms with Gasteiger partial charge in [0.05, 0.1) is 18.4 Å². The molecule has 0 saturated carbocycles.